The average Bonchev–Trinajstić information content (AvgIpc) is 2.45. The van der Waals surface area contributed by atoms with Crippen LogP contribution in [0.15, 0.2) is 36.5 Å². The smallest absolute Gasteiger partial charge is 0.140 e. The van der Waals surface area contributed by atoms with E-state index in [4.69, 9.17) is 10.00 Å². The van der Waals surface area contributed by atoms with Crippen LogP contribution in [0.2, 0.25) is 0 Å². The van der Waals surface area contributed by atoms with Gasteiger partial charge >= 0.3 is 0 Å². The number of nitriles is 1. The van der Waals surface area contributed by atoms with Crippen LogP contribution in [0.1, 0.15) is 43.2 Å². The van der Waals surface area contributed by atoms with Crippen molar-refractivity contribution in [1.29, 1.82) is 5.26 Å². The minimum absolute atomic E-state index is 0.135. The Morgan fingerprint density at radius 1 is 1.19 bits per heavy atom. The number of aromatic nitrogens is 1. The average molecular weight is 280 g/mol. The third-order valence-corrected chi connectivity index (χ3v) is 3.37. The molecule has 0 atom stereocenters. The molecule has 2 rings (SSSR count). The maximum Gasteiger partial charge on any atom is 0.140 e. The highest BCUT2D eigenvalue weighted by Gasteiger charge is 2.14. The van der Waals surface area contributed by atoms with E-state index in [1.54, 1.807) is 12.3 Å². The topological polar surface area (TPSA) is 45.9 Å². The second kappa shape index (κ2) is 5.97. The Hall–Kier alpha value is -2.34. The fraction of sp³-hybridized carbons (Fsp3) is 0.333. The van der Waals surface area contributed by atoms with Gasteiger partial charge in [0.05, 0.1) is 0 Å². The number of benzene rings is 1. The zero-order valence-electron chi connectivity index (χ0n) is 13.0. The fourth-order valence-electron chi connectivity index (χ4n) is 2.06. The van der Waals surface area contributed by atoms with E-state index in [2.05, 4.69) is 44.8 Å². The summed E-state index contributed by atoms with van der Waals surface area (Å²) in [6.07, 6.45) is 1.63. The maximum atomic E-state index is 8.84. The first-order chi connectivity index (χ1) is 9.90. The highest BCUT2D eigenvalue weighted by atomic mass is 16.5. The van der Waals surface area contributed by atoms with Crippen molar-refractivity contribution in [3.05, 3.63) is 58.9 Å². The third-order valence-electron chi connectivity index (χ3n) is 3.37. The lowest BCUT2D eigenvalue weighted by Gasteiger charge is -2.20. The zero-order chi connectivity index (χ0) is 15.5. The van der Waals surface area contributed by atoms with E-state index < -0.39 is 0 Å². The molecule has 3 heteroatoms. The highest BCUT2D eigenvalue weighted by molar-refractivity contribution is 5.39. The summed E-state index contributed by atoms with van der Waals surface area (Å²) in [5.74, 6) is 0.873. The molecular formula is C18H20N2O. The molecular weight excluding hydrogens is 260 g/mol. The molecule has 1 aromatic heterocycles. The van der Waals surface area contributed by atoms with Gasteiger partial charge in [0, 0.05) is 6.20 Å². The Morgan fingerprint density at radius 2 is 1.95 bits per heavy atom. The molecule has 0 aliphatic heterocycles. The van der Waals surface area contributed by atoms with Crippen LogP contribution in [-0.4, -0.2) is 4.98 Å². The molecule has 0 unspecified atom stereocenters. The van der Waals surface area contributed by atoms with Crippen molar-refractivity contribution in [2.24, 2.45) is 0 Å². The van der Waals surface area contributed by atoms with Crippen molar-refractivity contribution < 1.29 is 4.74 Å². The molecule has 2 aromatic rings. The Morgan fingerprint density at radius 3 is 2.57 bits per heavy atom. The summed E-state index contributed by atoms with van der Waals surface area (Å²) >= 11 is 0. The molecule has 0 saturated carbocycles. The number of aryl methyl sites for hydroxylation is 1. The molecule has 0 aliphatic carbocycles. The van der Waals surface area contributed by atoms with E-state index in [0.717, 1.165) is 16.9 Å². The lowest BCUT2D eigenvalue weighted by Crippen LogP contribution is -2.11. The van der Waals surface area contributed by atoms with E-state index in [0.29, 0.717) is 12.3 Å². The summed E-state index contributed by atoms with van der Waals surface area (Å²) in [6.45, 7) is 9.08. The Labute approximate surface area is 126 Å². The van der Waals surface area contributed by atoms with Crippen molar-refractivity contribution in [3.8, 4) is 11.8 Å². The molecule has 1 aromatic carbocycles. The molecule has 0 bridgehead atoms. The van der Waals surface area contributed by atoms with Crippen molar-refractivity contribution in [2.45, 2.75) is 39.7 Å². The Balaban J connectivity index is 2.12. The predicted octanol–water partition coefficient (Wildman–Crippen LogP) is 4.14. The van der Waals surface area contributed by atoms with Gasteiger partial charge in [-0.25, -0.2) is 4.98 Å². The van der Waals surface area contributed by atoms with Gasteiger partial charge in [-0.05, 0) is 47.2 Å². The summed E-state index contributed by atoms with van der Waals surface area (Å²) in [6, 6.07) is 11.9. The second-order valence-electron chi connectivity index (χ2n) is 6.18. The Bertz CT molecular complexity index is 678. The molecule has 0 N–H and O–H groups in total. The van der Waals surface area contributed by atoms with E-state index in [1.807, 2.05) is 18.2 Å². The highest BCUT2D eigenvalue weighted by Crippen LogP contribution is 2.27. The summed E-state index contributed by atoms with van der Waals surface area (Å²) in [4.78, 5) is 3.95. The SMILES string of the molecule is Cc1cc(C(C)(C)C)ccc1OCc1ccnc(C#N)c1. The number of hydrogen-bond donors (Lipinski definition) is 0. The number of pyridine rings is 1. The Kier molecular flexibility index (Phi) is 4.28. The molecule has 0 spiro atoms. The van der Waals surface area contributed by atoms with Gasteiger partial charge in [-0.1, -0.05) is 32.9 Å². The first-order valence-electron chi connectivity index (χ1n) is 6.99. The predicted molar refractivity (Wildman–Crippen MR) is 83.2 cm³/mol. The van der Waals surface area contributed by atoms with Crippen LogP contribution in [0.5, 0.6) is 5.75 Å². The quantitative estimate of drug-likeness (QED) is 0.849. The van der Waals surface area contributed by atoms with E-state index in [-0.39, 0.29) is 5.41 Å². The van der Waals surface area contributed by atoms with Crippen molar-refractivity contribution >= 4 is 0 Å². The lowest BCUT2D eigenvalue weighted by molar-refractivity contribution is 0.303. The lowest BCUT2D eigenvalue weighted by atomic mass is 9.86. The molecule has 0 aliphatic rings. The van der Waals surface area contributed by atoms with Crippen LogP contribution in [-0.2, 0) is 12.0 Å². The minimum Gasteiger partial charge on any atom is -0.489 e. The molecule has 108 valence electrons. The van der Waals surface area contributed by atoms with Crippen LogP contribution >= 0.6 is 0 Å². The number of rotatable bonds is 3. The number of hydrogen-bond acceptors (Lipinski definition) is 3. The third kappa shape index (κ3) is 3.82. The van der Waals surface area contributed by atoms with Gasteiger partial charge < -0.3 is 4.74 Å². The zero-order valence-corrected chi connectivity index (χ0v) is 13.0. The van der Waals surface area contributed by atoms with Gasteiger partial charge in [0.2, 0.25) is 0 Å². The van der Waals surface area contributed by atoms with Crippen LogP contribution < -0.4 is 4.74 Å². The van der Waals surface area contributed by atoms with Gasteiger partial charge in [-0.2, -0.15) is 5.26 Å². The molecule has 0 amide bonds. The van der Waals surface area contributed by atoms with Gasteiger partial charge in [0.1, 0.15) is 24.1 Å². The van der Waals surface area contributed by atoms with Gasteiger partial charge in [-0.15, -0.1) is 0 Å². The molecule has 0 radical (unpaired) electrons. The van der Waals surface area contributed by atoms with Gasteiger partial charge in [0.15, 0.2) is 0 Å². The van der Waals surface area contributed by atoms with E-state index in [9.17, 15) is 0 Å². The van der Waals surface area contributed by atoms with Gasteiger partial charge in [-0.3, -0.25) is 0 Å². The first kappa shape index (κ1) is 15.1. The maximum absolute atomic E-state index is 8.84. The molecule has 21 heavy (non-hydrogen) atoms. The normalized spacial score (nSPS) is 11.0. The van der Waals surface area contributed by atoms with E-state index >= 15 is 0 Å². The molecule has 1 heterocycles. The summed E-state index contributed by atoms with van der Waals surface area (Å²) in [5.41, 5.74) is 3.91. The summed E-state index contributed by atoms with van der Waals surface area (Å²) in [5, 5.41) is 8.84. The van der Waals surface area contributed by atoms with Crippen LogP contribution in [0, 0.1) is 18.3 Å². The fourth-order valence-corrected chi connectivity index (χ4v) is 2.06. The summed E-state index contributed by atoms with van der Waals surface area (Å²) in [7, 11) is 0. The molecule has 0 fully saturated rings. The minimum atomic E-state index is 0.135. The number of nitrogens with zero attached hydrogens (tertiary/aromatic N) is 2. The van der Waals surface area contributed by atoms with Crippen LogP contribution in [0.3, 0.4) is 0 Å². The number of ether oxygens (including phenoxy) is 1. The first-order valence-corrected chi connectivity index (χ1v) is 6.99. The molecule has 0 saturated heterocycles. The molecule has 3 nitrogen and oxygen atoms in total. The van der Waals surface area contributed by atoms with Crippen LogP contribution in [0.25, 0.3) is 0 Å². The standard InChI is InChI=1S/C18H20N2O/c1-13-9-15(18(2,3)4)5-6-17(13)21-12-14-7-8-20-16(10-14)11-19/h5-10H,12H2,1-4H3. The van der Waals surface area contributed by atoms with Crippen molar-refractivity contribution in [2.75, 3.05) is 0 Å². The van der Waals surface area contributed by atoms with Crippen molar-refractivity contribution in [1.82, 2.24) is 4.98 Å². The second-order valence-corrected chi connectivity index (χ2v) is 6.18. The summed E-state index contributed by atoms with van der Waals surface area (Å²) < 4.78 is 5.85. The van der Waals surface area contributed by atoms with Gasteiger partial charge in [0.25, 0.3) is 0 Å². The largest absolute Gasteiger partial charge is 0.489 e. The van der Waals surface area contributed by atoms with E-state index in [1.165, 1.54) is 5.56 Å². The monoisotopic (exact) mass is 280 g/mol. The van der Waals surface area contributed by atoms with Crippen LogP contribution in [0.4, 0.5) is 0 Å². The van der Waals surface area contributed by atoms with Crippen molar-refractivity contribution in [3.63, 3.8) is 0 Å².